The zero-order valence-electron chi connectivity index (χ0n) is 14.5. The van der Waals surface area contributed by atoms with Crippen molar-refractivity contribution in [1.82, 2.24) is 30.0 Å². The fourth-order valence-electron chi connectivity index (χ4n) is 3.40. The van der Waals surface area contributed by atoms with Crippen molar-refractivity contribution < 1.29 is 4.79 Å². The number of urea groups is 1. The number of H-pyrrole nitrogens is 1. The summed E-state index contributed by atoms with van der Waals surface area (Å²) in [5.74, 6) is 0.339. The third-order valence-corrected chi connectivity index (χ3v) is 4.85. The van der Waals surface area contributed by atoms with Crippen LogP contribution in [0.1, 0.15) is 30.0 Å². The Balaban J connectivity index is 1.32. The van der Waals surface area contributed by atoms with Crippen molar-refractivity contribution in [3.05, 3.63) is 66.5 Å². The number of imidazole rings is 1. The molecule has 2 aromatic heterocycles. The number of nitrogens with one attached hydrogen (secondary N) is 2. The molecule has 3 aromatic rings. The van der Waals surface area contributed by atoms with Gasteiger partial charge in [-0.2, -0.15) is 5.10 Å². The molecule has 3 heterocycles. The molecule has 2 N–H and O–H groups in total. The standard InChI is InChI=1S/C19H22N6O/c26-19(24-10-1-2-16(13-24)18-7-8-22-23-18)21-12-15-3-5-17(6-4-15)25-11-9-20-14-25/h3-9,11,14,16H,1-2,10,12-13H2,(H,21,26)(H,22,23). The van der Waals surface area contributed by atoms with E-state index in [4.69, 9.17) is 0 Å². The fourth-order valence-corrected chi connectivity index (χ4v) is 3.40. The van der Waals surface area contributed by atoms with Gasteiger partial charge in [0.2, 0.25) is 0 Å². The number of likely N-dealkylation sites (tertiary alicyclic amines) is 1. The highest BCUT2D eigenvalue weighted by Crippen LogP contribution is 2.25. The molecule has 2 amide bonds. The number of carbonyl (C=O) groups is 1. The highest BCUT2D eigenvalue weighted by Gasteiger charge is 2.25. The number of piperidine rings is 1. The van der Waals surface area contributed by atoms with Gasteiger partial charge in [-0.15, -0.1) is 0 Å². The maximum Gasteiger partial charge on any atom is 0.317 e. The lowest BCUT2D eigenvalue weighted by molar-refractivity contribution is 0.178. The highest BCUT2D eigenvalue weighted by atomic mass is 16.2. The molecule has 1 fully saturated rings. The lowest BCUT2D eigenvalue weighted by atomic mass is 9.95. The predicted molar refractivity (Wildman–Crippen MR) is 97.9 cm³/mol. The Labute approximate surface area is 152 Å². The van der Waals surface area contributed by atoms with E-state index >= 15 is 0 Å². The van der Waals surface area contributed by atoms with Gasteiger partial charge >= 0.3 is 6.03 Å². The zero-order chi connectivity index (χ0) is 17.8. The van der Waals surface area contributed by atoms with Gasteiger partial charge in [0.1, 0.15) is 0 Å². The van der Waals surface area contributed by atoms with Gasteiger partial charge in [-0.25, -0.2) is 9.78 Å². The molecule has 7 heteroatoms. The van der Waals surface area contributed by atoms with Crippen molar-refractivity contribution in [3.8, 4) is 5.69 Å². The van der Waals surface area contributed by atoms with E-state index in [0.717, 1.165) is 42.9 Å². The van der Waals surface area contributed by atoms with Crippen LogP contribution in [-0.2, 0) is 6.54 Å². The molecule has 7 nitrogen and oxygen atoms in total. The highest BCUT2D eigenvalue weighted by molar-refractivity contribution is 5.74. The summed E-state index contributed by atoms with van der Waals surface area (Å²) in [7, 11) is 0. The van der Waals surface area contributed by atoms with E-state index < -0.39 is 0 Å². The molecule has 0 bridgehead atoms. The van der Waals surface area contributed by atoms with Crippen LogP contribution in [0.15, 0.2) is 55.2 Å². The van der Waals surface area contributed by atoms with Crippen LogP contribution in [0, 0.1) is 0 Å². The summed E-state index contributed by atoms with van der Waals surface area (Å²) >= 11 is 0. The van der Waals surface area contributed by atoms with Crippen LogP contribution in [0.3, 0.4) is 0 Å². The quantitative estimate of drug-likeness (QED) is 0.759. The van der Waals surface area contributed by atoms with Crippen LogP contribution < -0.4 is 5.32 Å². The van der Waals surface area contributed by atoms with Crippen LogP contribution in [0.2, 0.25) is 0 Å². The molecule has 1 unspecified atom stereocenters. The second-order valence-electron chi connectivity index (χ2n) is 6.59. The van der Waals surface area contributed by atoms with Gasteiger partial charge in [0.05, 0.1) is 6.33 Å². The molecule has 1 aliphatic rings. The Hall–Kier alpha value is -3.09. The Morgan fingerprint density at radius 2 is 2.12 bits per heavy atom. The van der Waals surface area contributed by atoms with E-state index in [1.807, 2.05) is 46.0 Å². The average molecular weight is 350 g/mol. The SMILES string of the molecule is O=C(NCc1ccc(-n2ccnc2)cc1)N1CCCC(c2ccn[nH]2)C1. The average Bonchev–Trinajstić information content (AvgIpc) is 3.40. The summed E-state index contributed by atoms with van der Waals surface area (Å²) in [5, 5.41) is 10.1. The van der Waals surface area contributed by atoms with Crippen LogP contribution in [0.25, 0.3) is 5.69 Å². The van der Waals surface area contributed by atoms with E-state index in [0.29, 0.717) is 12.5 Å². The number of nitrogens with zero attached hydrogens (tertiary/aromatic N) is 4. The molecule has 0 spiro atoms. The van der Waals surface area contributed by atoms with Gasteiger partial charge in [-0.1, -0.05) is 12.1 Å². The fraction of sp³-hybridized carbons (Fsp3) is 0.316. The molecule has 0 aliphatic carbocycles. The van der Waals surface area contributed by atoms with Crippen LogP contribution in [-0.4, -0.2) is 43.8 Å². The Morgan fingerprint density at radius 3 is 2.85 bits per heavy atom. The molecule has 1 aliphatic heterocycles. The first-order valence-electron chi connectivity index (χ1n) is 8.89. The summed E-state index contributed by atoms with van der Waals surface area (Å²) in [6, 6.07) is 10.1. The molecule has 1 aromatic carbocycles. The van der Waals surface area contributed by atoms with Gasteiger partial charge in [-0.3, -0.25) is 5.10 Å². The smallest absolute Gasteiger partial charge is 0.317 e. The minimum Gasteiger partial charge on any atom is -0.334 e. The molecule has 26 heavy (non-hydrogen) atoms. The first-order valence-corrected chi connectivity index (χ1v) is 8.89. The normalized spacial score (nSPS) is 17.2. The molecule has 4 rings (SSSR count). The number of hydrogen-bond acceptors (Lipinski definition) is 3. The topological polar surface area (TPSA) is 78.8 Å². The van der Waals surface area contributed by atoms with Crippen molar-refractivity contribution >= 4 is 6.03 Å². The largest absolute Gasteiger partial charge is 0.334 e. The first kappa shape index (κ1) is 16.4. The Bertz CT molecular complexity index is 826. The number of aromatic nitrogens is 4. The molecule has 1 atom stereocenters. The summed E-state index contributed by atoms with van der Waals surface area (Å²) < 4.78 is 1.95. The summed E-state index contributed by atoms with van der Waals surface area (Å²) in [6.45, 7) is 2.05. The number of hydrogen-bond donors (Lipinski definition) is 2. The molecule has 134 valence electrons. The first-order chi connectivity index (χ1) is 12.8. The van der Waals surface area contributed by atoms with Crippen molar-refractivity contribution in [2.45, 2.75) is 25.3 Å². The van der Waals surface area contributed by atoms with E-state index in [9.17, 15) is 4.79 Å². The number of rotatable bonds is 4. The summed E-state index contributed by atoms with van der Waals surface area (Å²) in [6.07, 6.45) is 9.29. The number of benzene rings is 1. The Morgan fingerprint density at radius 1 is 1.23 bits per heavy atom. The zero-order valence-corrected chi connectivity index (χ0v) is 14.5. The second kappa shape index (κ2) is 7.43. The predicted octanol–water partition coefficient (Wildman–Crippen LogP) is 2.68. The van der Waals surface area contributed by atoms with E-state index in [1.54, 1.807) is 18.7 Å². The third-order valence-electron chi connectivity index (χ3n) is 4.85. The van der Waals surface area contributed by atoms with Gasteiger partial charge in [-0.05, 0) is 36.6 Å². The number of amides is 2. The van der Waals surface area contributed by atoms with Crippen LogP contribution >= 0.6 is 0 Å². The molecular formula is C19H22N6O. The minimum atomic E-state index is -0.00657. The maximum atomic E-state index is 12.5. The van der Waals surface area contributed by atoms with Crippen molar-refractivity contribution in [1.29, 1.82) is 0 Å². The summed E-state index contributed by atoms with van der Waals surface area (Å²) in [5.41, 5.74) is 3.23. The van der Waals surface area contributed by atoms with E-state index in [1.165, 1.54) is 0 Å². The number of aromatic amines is 1. The monoisotopic (exact) mass is 350 g/mol. The third kappa shape index (κ3) is 3.61. The van der Waals surface area contributed by atoms with E-state index in [2.05, 4.69) is 20.5 Å². The van der Waals surface area contributed by atoms with Crippen molar-refractivity contribution in [2.75, 3.05) is 13.1 Å². The van der Waals surface area contributed by atoms with Crippen LogP contribution in [0.5, 0.6) is 0 Å². The molecular weight excluding hydrogens is 328 g/mol. The van der Waals surface area contributed by atoms with Gasteiger partial charge in [0.15, 0.2) is 0 Å². The second-order valence-corrected chi connectivity index (χ2v) is 6.59. The van der Waals surface area contributed by atoms with Crippen molar-refractivity contribution in [2.24, 2.45) is 0 Å². The van der Waals surface area contributed by atoms with Crippen molar-refractivity contribution in [3.63, 3.8) is 0 Å². The lowest BCUT2D eigenvalue weighted by Gasteiger charge is -2.32. The molecule has 0 radical (unpaired) electrons. The molecule has 0 saturated carbocycles. The van der Waals surface area contributed by atoms with Crippen LogP contribution in [0.4, 0.5) is 4.79 Å². The van der Waals surface area contributed by atoms with Gasteiger partial charge < -0.3 is 14.8 Å². The maximum absolute atomic E-state index is 12.5. The van der Waals surface area contributed by atoms with E-state index in [-0.39, 0.29) is 6.03 Å². The Kier molecular flexibility index (Phi) is 4.68. The summed E-state index contributed by atoms with van der Waals surface area (Å²) in [4.78, 5) is 18.5. The molecule has 1 saturated heterocycles. The number of carbonyl (C=O) groups excluding carboxylic acids is 1. The van der Waals surface area contributed by atoms with Gasteiger partial charge in [0.25, 0.3) is 0 Å². The minimum absolute atomic E-state index is 0.00657. The van der Waals surface area contributed by atoms with Gasteiger partial charge in [0, 0.05) is 55.5 Å². The lowest BCUT2D eigenvalue weighted by Crippen LogP contribution is -2.44.